The first-order valence-corrected chi connectivity index (χ1v) is 10.9. The van der Waals surface area contributed by atoms with E-state index in [1.165, 1.54) is 6.07 Å². The molecule has 1 unspecified atom stereocenters. The number of nitro groups is 1. The molecule has 1 aromatic rings. The van der Waals surface area contributed by atoms with E-state index < -0.39 is 16.8 Å². The van der Waals surface area contributed by atoms with Crippen LogP contribution < -0.4 is 5.32 Å². The van der Waals surface area contributed by atoms with Crippen LogP contribution in [0.2, 0.25) is 0 Å². The highest BCUT2D eigenvalue weighted by atomic mass is 16.6. The number of nitrogens with zero attached hydrogens (tertiary/aromatic N) is 1. The molecular weight excluding hydrogens is 396 g/mol. The van der Waals surface area contributed by atoms with E-state index in [2.05, 4.69) is 5.32 Å². The van der Waals surface area contributed by atoms with E-state index in [9.17, 15) is 19.7 Å². The lowest BCUT2D eigenvalue weighted by molar-refractivity contribution is -0.385. The predicted octanol–water partition coefficient (Wildman–Crippen LogP) is 4.68. The van der Waals surface area contributed by atoms with Gasteiger partial charge in [-0.25, -0.2) is 4.79 Å². The number of hydrogen-bond acceptors (Lipinski definition) is 6. The molecule has 1 atom stereocenters. The summed E-state index contributed by atoms with van der Waals surface area (Å²) in [4.78, 5) is 37.9. The number of benzene rings is 1. The molecule has 3 aliphatic rings. The third kappa shape index (κ3) is 4.01. The molecule has 7 heteroatoms. The number of rotatable bonds is 4. The first kappa shape index (κ1) is 21.3. The van der Waals surface area contributed by atoms with Gasteiger partial charge in [-0.2, -0.15) is 0 Å². The Morgan fingerprint density at radius 1 is 1.19 bits per heavy atom. The van der Waals surface area contributed by atoms with E-state index >= 15 is 0 Å². The average molecular weight is 424 g/mol. The minimum Gasteiger partial charge on any atom is -0.459 e. The molecule has 164 valence electrons. The second-order valence-corrected chi connectivity index (χ2v) is 9.56. The van der Waals surface area contributed by atoms with Crippen molar-refractivity contribution in [3.05, 3.63) is 62.5 Å². The topological polar surface area (TPSA) is 98.5 Å². The van der Waals surface area contributed by atoms with Crippen molar-refractivity contribution in [2.24, 2.45) is 5.41 Å². The lowest BCUT2D eigenvalue weighted by atomic mass is 9.68. The van der Waals surface area contributed by atoms with E-state index in [0.717, 1.165) is 31.4 Å². The number of ketones is 1. The van der Waals surface area contributed by atoms with Crippen LogP contribution in [0.5, 0.6) is 0 Å². The highest BCUT2D eigenvalue weighted by Crippen LogP contribution is 2.48. The molecule has 1 aliphatic heterocycles. The second kappa shape index (κ2) is 7.94. The van der Waals surface area contributed by atoms with Crippen molar-refractivity contribution in [2.45, 2.75) is 71.3 Å². The van der Waals surface area contributed by atoms with Gasteiger partial charge in [0.05, 0.1) is 16.4 Å². The number of carbonyl (C=O) groups is 2. The van der Waals surface area contributed by atoms with E-state index in [4.69, 9.17) is 4.74 Å². The molecule has 1 saturated carbocycles. The molecule has 1 fully saturated rings. The maximum atomic E-state index is 13.3. The quantitative estimate of drug-likeness (QED) is 0.428. The van der Waals surface area contributed by atoms with Gasteiger partial charge in [0, 0.05) is 35.0 Å². The van der Waals surface area contributed by atoms with Crippen molar-refractivity contribution in [1.29, 1.82) is 0 Å². The summed E-state index contributed by atoms with van der Waals surface area (Å²) < 4.78 is 5.79. The predicted molar refractivity (Wildman–Crippen MR) is 115 cm³/mol. The van der Waals surface area contributed by atoms with Gasteiger partial charge in [-0.3, -0.25) is 14.9 Å². The largest absolute Gasteiger partial charge is 0.459 e. The van der Waals surface area contributed by atoms with Crippen LogP contribution in [0.15, 0.2) is 46.8 Å². The SMILES string of the molecule is CC1=C(C(=O)OC2CCCC2)C(c2ccccc2[N+](=O)[O-])C2=C(CC(C)(C)CC2=O)N1. The fraction of sp³-hybridized carbons (Fsp3) is 0.500. The van der Waals surface area contributed by atoms with Gasteiger partial charge < -0.3 is 10.1 Å². The number of ether oxygens (including phenoxy) is 1. The van der Waals surface area contributed by atoms with Crippen molar-refractivity contribution in [3.8, 4) is 0 Å². The molecule has 1 N–H and O–H groups in total. The average Bonchev–Trinajstić information content (AvgIpc) is 3.18. The number of Topliss-reactive ketones (excluding diaryl/α,β-unsaturated/α-hetero) is 1. The standard InChI is InChI=1S/C24H28N2O5/c1-14-20(23(28)31-15-8-4-5-9-15)21(16-10-6-7-11-18(16)26(29)30)22-17(25-14)12-24(2,3)13-19(22)27/h6-7,10-11,15,21,25H,4-5,8-9,12-13H2,1-3H3. The van der Waals surface area contributed by atoms with Crippen molar-refractivity contribution < 1.29 is 19.2 Å². The van der Waals surface area contributed by atoms with Crippen molar-refractivity contribution in [1.82, 2.24) is 5.32 Å². The molecular formula is C24H28N2O5. The summed E-state index contributed by atoms with van der Waals surface area (Å²) in [6.07, 6.45) is 4.50. The zero-order chi connectivity index (χ0) is 22.3. The molecule has 4 rings (SSSR count). The van der Waals surface area contributed by atoms with Crippen LogP contribution in [-0.2, 0) is 14.3 Å². The van der Waals surface area contributed by atoms with E-state index in [1.54, 1.807) is 25.1 Å². The minimum atomic E-state index is -0.810. The van der Waals surface area contributed by atoms with Crippen molar-refractivity contribution >= 4 is 17.4 Å². The summed E-state index contributed by atoms with van der Waals surface area (Å²) >= 11 is 0. The van der Waals surface area contributed by atoms with E-state index in [1.807, 2.05) is 13.8 Å². The highest BCUT2D eigenvalue weighted by molar-refractivity contribution is 6.04. The Hall–Kier alpha value is -2.96. The molecule has 0 amide bonds. The smallest absolute Gasteiger partial charge is 0.337 e. The van der Waals surface area contributed by atoms with Crippen molar-refractivity contribution in [3.63, 3.8) is 0 Å². The molecule has 0 aromatic heterocycles. The molecule has 0 spiro atoms. The Morgan fingerprint density at radius 3 is 2.55 bits per heavy atom. The second-order valence-electron chi connectivity index (χ2n) is 9.56. The third-order valence-corrected chi connectivity index (χ3v) is 6.48. The summed E-state index contributed by atoms with van der Waals surface area (Å²) in [5.74, 6) is -1.39. The number of allylic oxidation sites excluding steroid dienone is 3. The summed E-state index contributed by atoms with van der Waals surface area (Å²) in [5.41, 5.74) is 2.13. The molecule has 0 bridgehead atoms. The Morgan fingerprint density at radius 2 is 1.87 bits per heavy atom. The van der Waals surface area contributed by atoms with Crippen LogP contribution >= 0.6 is 0 Å². The van der Waals surface area contributed by atoms with Gasteiger partial charge in [0.15, 0.2) is 5.78 Å². The Labute approximate surface area is 181 Å². The normalized spacial score (nSPS) is 23.5. The molecule has 0 saturated heterocycles. The van der Waals surface area contributed by atoms with Gasteiger partial charge in [0.1, 0.15) is 6.10 Å². The Kier molecular flexibility index (Phi) is 5.45. The van der Waals surface area contributed by atoms with Crippen molar-refractivity contribution in [2.75, 3.05) is 0 Å². The molecule has 31 heavy (non-hydrogen) atoms. The number of nitrogens with one attached hydrogen (secondary N) is 1. The molecule has 0 radical (unpaired) electrons. The van der Waals surface area contributed by atoms with Crippen LogP contribution in [0, 0.1) is 15.5 Å². The van der Waals surface area contributed by atoms with Gasteiger partial charge in [0.25, 0.3) is 5.69 Å². The van der Waals surface area contributed by atoms with Crippen LogP contribution in [0.1, 0.15) is 70.8 Å². The Bertz CT molecular complexity index is 1010. The van der Waals surface area contributed by atoms with Crippen LogP contribution in [0.25, 0.3) is 0 Å². The molecule has 2 aliphatic carbocycles. The van der Waals surface area contributed by atoms with Crippen LogP contribution in [0.4, 0.5) is 5.69 Å². The maximum absolute atomic E-state index is 13.3. The van der Waals surface area contributed by atoms with Gasteiger partial charge in [-0.1, -0.05) is 32.0 Å². The van der Waals surface area contributed by atoms with Gasteiger partial charge in [0.2, 0.25) is 0 Å². The van der Waals surface area contributed by atoms with Gasteiger partial charge in [-0.05, 0) is 44.4 Å². The summed E-state index contributed by atoms with van der Waals surface area (Å²) in [5, 5.41) is 15.1. The Balaban J connectivity index is 1.85. The number of para-hydroxylation sites is 1. The zero-order valence-corrected chi connectivity index (χ0v) is 18.2. The highest BCUT2D eigenvalue weighted by Gasteiger charge is 2.45. The van der Waals surface area contributed by atoms with E-state index in [-0.39, 0.29) is 23.0 Å². The van der Waals surface area contributed by atoms with Crippen LogP contribution in [-0.4, -0.2) is 22.8 Å². The monoisotopic (exact) mass is 424 g/mol. The lowest BCUT2D eigenvalue weighted by Crippen LogP contribution is -2.39. The molecule has 1 aromatic carbocycles. The first-order chi connectivity index (χ1) is 14.7. The number of hydrogen-bond donors (Lipinski definition) is 1. The first-order valence-electron chi connectivity index (χ1n) is 10.9. The van der Waals surface area contributed by atoms with Gasteiger partial charge >= 0.3 is 5.97 Å². The van der Waals surface area contributed by atoms with Gasteiger partial charge in [-0.15, -0.1) is 0 Å². The number of esters is 1. The number of nitro benzene ring substituents is 1. The third-order valence-electron chi connectivity index (χ3n) is 6.48. The van der Waals surface area contributed by atoms with E-state index in [0.29, 0.717) is 35.2 Å². The number of carbonyl (C=O) groups excluding carboxylic acids is 2. The minimum absolute atomic E-state index is 0.0828. The molecule has 7 nitrogen and oxygen atoms in total. The zero-order valence-electron chi connectivity index (χ0n) is 18.2. The fourth-order valence-corrected chi connectivity index (χ4v) is 5.14. The summed E-state index contributed by atoms with van der Waals surface area (Å²) in [6.45, 7) is 5.83. The lowest BCUT2D eigenvalue weighted by Gasteiger charge is -2.39. The molecule has 1 heterocycles. The van der Waals surface area contributed by atoms with Crippen LogP contribution in [0.3, 0.4) is 0 Å². The fourth-order valence-electron chi connectivity index (χ4n) is 5.14. The maximum Gasteiger partial charge on any atom is 0.337 e. The number of dihydropyridines is 1. The summed E-state index contributed by atoms with van der Waals surface area (Å²) in [6, 6.07) is 6.36. The summed E-state index contributed by atoms with van der Waals surface area (Å²) in [7, 11) is 0.